The summed E-state index contributed by atoms with van der Waals surface area (Å²) >= 11 is 0. The average molecular weight is 401 g/mol. The molecule has 0 unspecified atom stereocenters. The van der Waals surface area contributed by atoms with Gasteiger partial charge in [0.25, 0.3) is 0 Å². The Hall–Kier alpha value is -2.47. The van der Waals surface area contributed by atoms with E-state index in [1.165, 1.54) is 4.31 Å². The number of hydrogen-bond acceptors (Lipinski definition) is 6. The topological polar surface area (TPSA) is 95.3 Å². The highest BCUT2D eigenvalue weighted by Gasteiger charge is 2.25. The van der Waals surface area contributed by atoms with Gasteiger partial charge < -0.3 is 10.1 Å². The minimum atomic E-state index is -3.41. The number of nitriles is 1. The van der Waals surface area contributed by atoms with Gasteiger partial charge in [-0.2, -0.15) is 9.57 Å². The summed E-state index contributed by atoms with van der Waals surface area (Å²) in [6.45, 7) is 5.78. The predicted octanol–water partition coefficient (Wildman–Crippen LogP) is 2.34. The molecule has 0 atom stereocenters. The van der Waals surface area contributed by atoms with Crippen LogP contribution in [0.5, 0.6) is 0 Å². The first-order valence-corrected chi connectivity index (χ1v) is 10.8. The number of pyridine rings is 1. The minimum absolute atomic E-state index is 0.0593. The number of nitrogens with zero attached hydrogens (tertiary/aromatic N) is 3. The summed E-state index contributed by atoms with van der Waals surface area (Å²) in [5.74, 6) is 0.460. The summed E-state index contributed by atoms with van der Waals surface area (Å²) in [6, 6.07) is 11.5. The van der Waals surface area contributed by atoms with E-state index in [9.17, 15) is 13.7 Å². The first kappa shape index (κ1) is 20.3. The number of rotatable bonds is 6. The lowest BCUT2D eigenvalue weighted by Gasteiger charge is -2.26. The van der Waals surface area contributed by atoms with E-state index in [2.05, 4.69) is 16.4 Å². The van der Waals surface area contributed by atoms with Crippen molar-refractivity contribution in [3.8, 4) is 6.07 Å². The van der Waals surface area contributed by atoms with E-state index < -0.39 is 10.0 Å². The molecule has 2 heterocycles. The summed E-state index contributed by atoms with van der Waals surface area (Å²) in [6.07, 6.45) is 0. The molecule has 1 aromatic heterocycles. The van der Waals surface area contributed by atoms with Gasteiger partial charge in [-0.1, -0.05) is 24.3 Å². The fourth-order valence-electron chi connectivity index (χ4n) is 3.27. The first-order chi connectivity index (χ1) is 13.4. The van der Waals surface area contributed by atoms with Crippen molar-refractivity contribution < 1.29 is 13.2 Å². The van der Waals surface area contributed by atoms with E-state index in [-0.39, 0.29) is 5.75 Å². The SMILES string of the molecule is Cc1cc(C)c(C#N)c(NCc2ccccc2CS(=O)(=O)N2CCOCC2)n1. The molecule has 0 saturated carbocycles. The van der Waals surface area contributed by atoms with E-state index in [0.29, 0.717) is 44.2 Å². The quantitative estimate of drug-likeness (QED) is 0.800. The second kappa shape index (κ2) is 8.69. The molecule has 28 heavy (non-hydrogen) atoms. The van der Waals surface area contributed by atoms with Crippen LogP contribution < -0.4 is 5.32 Å². The Labute approximate surface area is 166 Å². The van der Waals surface area contributed by atoms with E-state index in [0.717, 1.165) is 22.4 Å². The van der Waals surface area contributed by atoms with E-state index in [4.69, 9.17) is 4.74 Å². The fourth-order valence-corrected chi connectivity index (χ4v) is 4.83. The van der Waals surface area contributed by atoms with Gasteiger partial charge in [0, 0.05) is 25.3 Å². The number of nitrogens with one attached hydrogen (secondary N) is 1. The van der Waals surface area contributed by atoms with Gasteiger partial charge in [-0.3, -0.25) is 0 Å². The normalized spacial score (nSPS) is 15.2. The van der Waals surface area contributed by atoms with Crippen molar-refractivity contribution in [1.29, 1.82) is 5.26 Å². The third-order valence-electron chi connectivity index (χ3n) is 4.72. The molecule has 1 aliphatic rings. The second-order valence-corrected chi connectivity index (χ2v) is 8.77. The molecule has 148 valence electrons. The highest BCUT2D eigenvalue weighted by molar-refractivity contribution is 7.88. The standard InChI is InChI=1S/C20H24N4O3S/c1-15-11-16(2)23-20(19(15)12-21)22-13-17-5-3-4-6-18(17)14-28(25,26)24-7-9-27-10-8-24/h3-6,11H,7-10,13-14H2,1-2H3,(H,22,23). The van der Waals surface area contributed by atoms with E-state index in [1.807, 2.05) is 44.2 Å². The molecule has 1 fully saturated rings. The maximum Gasteiger partial charge on any atom is 0.218 e. The summed E-state index contributed by atoms with van der Waals surface area (Å²) in [5.41, 5.74) is 3.79. The van der Waals surface area contributed by atoms with Crippen LogP contribution in [0.15, 0.2) is 30.3 Å². The minimum Gasteiger partial charge on any atom is -0.379 e. The molecule has 1 N–H and O–H groups in total. The Morgan fingerprint density at radius 3 is 2.57 bits per heavy atom. The zero-order valence-corrected chi connectivity index (χ0v) is 16.9. The highest BCUT2D eigenvalue weighted by Crippen LogP contribution is 2.21. The van der Waals surface area contributed by atoms with Gasteiger partial charge in [0.1, 0.15) is 11.9 Å². The monoisotopic (exact) mass is 400 g/mol. The van der Waals surface area contributed by atoms with Gasteiger partial charge in [-0.15, -0.1) is 0 Å². The Kier molecular flexibility index (Phi) is 6.29. The largest absolute Gasteiger partial charge is 0.379 e. The molecule has 0 spiro atoms. The van der Waals surface area contributed by atoms with Crippen LogP contribution in [-0.4, -0.2) is 44.0 Å². The van der Waals surface area contributed by atoms with Gasteiger partial charge in [-0.05, 0) is 36.6 Å². The van der Waals surface area contributed by atoms with Crippen molar-refractivity contribution in [2.24, 2.45) is 0 Å². The van der Waals surface area contributed by atoms with Crippen molar-refractivity contribution >= 4 is 15.8 Å². The Morgan fingerprint density at radius 2 is 1.89 bits per heavy atom. The highest BCUT2D eigenvalue weighted by atomic mass is 32.2. The van der Waals surface area contributed by atoms with Crippen molar-refractivity contribution in [1.82, 2.24) is 9.29 Å². The molecule has 7 nitrogen and oxygen atoms in total. The number of sulfonamides is 1. The number of benzene rings is 1. The lowest BCUT2D eigenvalue weighted by atomic mass is 10.1. The zero-order chi connectivity index (χ0) is 20.1. The lowest BCUT2D eigenvalue weighted by Crippen LogP contribution is -2.41. The maximum absolute atomic E-state index is 12.8. The maximum atomic E-state index is 12.8. The molecule has 1 aromatic carbocycles. The number of hydrogen-bond donors (Lipinski definition) is 1. The smallest absolute Gasteiger partial charge is 0.218 e. The Morgan fingerprint density at radius 1 is 1.21 bits per heavy atom. The van der Waals surface area contributed by atoms with Gasteiger partial charge in [0.05, 0.1) is 24.5 Å². The number of ether oxygens (including phenoxy) is 1. The Bertz CT molecular complexity index is 993. The van der Waals surface area contributed by atoms with Gasteiger partial charge in [0.15, 0.2) is 0 Å². The predicted molar refractivity (Wildman–Crippen MR) is 107 cm³/mol. The summed E-state index contributed by atoms with van der Waals surface area (Å²) < 4.78 is 32.3. The average Bonchev–Trinajstić information content (AvgIpc) is 2.67. The number of aryl methyl sites for hydroxylation is 2. The number of morpholine rings is 1. The van der Waals surface area contributed by atoms with Crippen LogP contribution in [0.1, 0.15) is 27.9 Å². The number of aromatic nitrogens is 1. The van der Waals surface area contributed by atoms with Gasteiger partial charge >= 0.3 is 0 Å². The van der Waals surface area contributed by atoms with Crippen molar-refractivity contribution in [3.05, 3.63) is 58.3 Å². The van der Waals surface area contributed by atoms with Crippen molar-refractivity contribution in [3.63, 3.8) is 0 Å². The molecule has 1 aliphatic heterocycles. The molecule has 3 rings (SSSR count). The summed E-state index contributed by atoms with van der Waals surface area (Å²) in [7, 11) is -3.41. The second-order valence-electron chi connectivity index (χ2n) is 6.81. The van der Waals surface area contributed by atoms with Crippen LogP contribution in [-0.2, 0) is 27.1 Å². The molecule has 0 radical (unpaired) electrons. The van der Waals surface area contributed by atoms with Crippen LogP contribution in [0, 0.1) is 25.2 Å². The summed E-state index contributed by atoms with van der Waals surface area (Å²) in [5, 5.41) is 12.6. The van der Waals surface area contributed by atoms with Crippen LogP contribution in [0.4, 0.5) is 5.82 Å². The summed E-state index contributed by atoms with van der Waals surface area (Å²) in [4.78, 5) is 4.42. The molecular weight excluding hydrogens is 376 g/mol. The molecule has 2 aromatic rings. The lowest BCUT2D eigenvalue weighted by molar-refractivity contribution is 0.0729. The molecule has 0 amide bonds. The van der Waals surface area contributed by atoms with Gasteiger partial charge in [-0.25, -0.2) is 13.4 Å². The van der Waals surface area contributed by atoms with Crippen LogP contribution in [0.2, 0.25) is 0 Å². The third-order valence-corrected chi connectivity index (χ3v) is 6.55. The molecule has 8 heteroatoms. The van der Waals surface area contributed by atoms with Crippen molar-refractivity contribution in [2.45, 2.75) is 26.1 Å². The zero-order valence-electron chi connectivity index (χ0n) is 16.1. The fraction of sp³-hybridized carbons (Fsp3) is 0.400. The third kappa shape index (κ3) is 4.68. The molecule has 0 aliphatic carbocycles. The molecule has 0 bridgehead atoms. The van der Waals surface area contributed by atoms with Crippen LogP contribution >= 0.6 is 0 Å². The van der Waals surface area contributed by atoms with Crippen LogP contribution in [0.25, 0.3) is 0 Å². The van der Waals surface area contributed by atoms with E-state index in [1.54, 1.807) is 0 Å². The number of anilines is 1. The van der Waals surface area contributed by atoms with E-state index >= 15 is 0 Å². The first-order valence-electron chi connectivity index (χ1n) is 9.15. The van der Waals surface area contributed by atoms with Crippen LogP contribution in [0.3, 0.4) is 0 Å². The Balaban J connectivity index is 1.79. The molecule has 1 saturated heterocycles. The molecular formula is C20H24N4O3S. The van der Waals surface area contributed by atoms with Gasteiger partial charge in [0.2, 0.25) is 10.0 Å². The van der Waals surface area contributed by atoms with Crippen molar-refractivity contribution in [2.75, 3.05) is 31.6 Å².